The molecular weight excluding hydrogens is 356 g/mol. The summed E-state index contributed by atoms with van der Waals surface area (Å²) in [6.07, 6.45) is 3.72. The van der Waals surface area contributed by atoms with E-state index < -0.39 is 0 Å². The Morgan fingerprint density at radius 1 is 1.04 bits per heavy atom. The summed E-state index contributed by atoms with van der Waals surface area (Å²) in [4.78, 5) is 25.0. The predicted octanol–water partition coefficient (Wildman–Crippen LogP) is 3.03. The maximum atomic E-state index is 12.6. The lowest BCUT2D eigenvalue weighted by Crippen LogP contribution is -2.27. The molecule has 4 rings (SSSR count). The fraction of sp³-hybridized carbons (Fsp3) is 0.190. The number of hydrogen-bond acceptors (Lipinski definition) is 4. The van der Waals surface area contributed by atoms with E-state index in [0.29, 0.717) is 11.3 Å². The average molecular weight is 376 g/mol. The molecular formula is C21H20N4O3. The van der Waals surface area contributed by atoms with Gasteiger partial charge in [0.05, 0.1) is 24.0 Å². The first-order valence-corrected chi connectivity index (χ1v) is 9.05. The summed E-state index contributed by atoms with van der Waals surface area (Å²) in [5, 5.41) is 10.1. The Morgan fingerprint density at radius 3 is 2.50 bits per heavy atom. The van der Waals surface area contributed by atoms with Gasteiger partial charge in [-0.3, -0.25) is 9.59 Å². The largest absolute Gasteiger partial charge is 0.497 e. The van der Waals surface area contributed by atoms with Crippen LogP contribution in [0.25, 0.3) is 5.69 Å². The van der Waals surface area contributed by atoms with Crippen LogP contribution in [0.4, 0.5) is 5.69 Å². The van der Waals surface area contributed by atoms with Gasteiger partial charge in [-0.15, -0.1) is 0 Å². The number of carbonyl (C=O) groups excluding carboxylic acids is 2. The molecule has 3 aromatic rings. The van der Waals surface area contributed by atoms with Crippen molar-refractivity contribution in [1.82, 2.24) is 15.1 Å². The van der Waals surface area contributed by atoms with Gasteiger partial charge in [0, 0.05) is 12.2 Å². The molecule has 1 heterocycles. The molecule has 142 valence electrons. The summed E-state index contributed by atoms with van der Waals surface area (Å²) < 4.78 is 6.76. The summed E-state index contributed by atoms with van der Waals surface area (Å²) in [5.41, 5.74) is 1.97. The lowest BCUT2D eigenvalue weighted by atomic mass is 10.1. The zero-order chi connectivity index (χ0) is 19.5. The Balaban J connectivity index is 1.50. The Morgan fingerprint density at radius 2 is 1.79 bits per heavy atom. The molecule has 0 spiro atoms. The smallest absolute Gasteiger partial charge is 0.276 e. The number of hydrogen-bond donors (Lipinski definition) is 2. The number of anilines is 1. The minimum atomic E-state index is -0.376. The highest BCUT2D eigenvalue weighted by atomic mass is 16.5. The van der Waals surface area contributed by atoms with Crippen LogP contribution in [0.2, 0.25) is 0 Å². The van der Waals surface area contributed by atoms with E-state index in [0.717, 1.165) is 24.3 Å². The number of methoxy groups -OCH3 is 1. The van der Waals surface area contributed by atoms with Crippen LogP contribution in [-0.4, -0.2) is 34.7 Å². The van der Waals surface area contributed by atoms with Crippen molar-refractivity contribution in [2.24, 2.45) is 0 Å². The lowest BCUT2D eigenvalue weighted by Gasteiger charge is -2.10. The summed E-state index contributed by atoms with van der Waals surface area (Å²) in [7, 11) is 1.61. The third kappa shape index (κ3) is 3.88. The average Bonchev–Trinajstić information content (AvgIpc) is 3.39. The number of aromatic nitrogens is 2. The van der Waals surface area contributed by atoms with Crippen molar-refractivity contribution in [3.05, 3.63) is 72.1 Å². The van der Waals surface area contributed by atoms with Crippen molar-refractivity contribution < 1.29 is 14.3 Å². The summed E-state index contributed by atoms with van der Waals surface area (Å²) >= 11 is 0. The van der Waals surface area contributed by atoms with Crippen molar-refractivity contribution in [2.75, 3.05) is 12.4 Å². The van der Waals surface area contributed by atoms with Crippen LogP contribution in [-0.2, 0) is 0 Å². The van der Waals surface area contributed by atoms with Gasteiger partial charge in [0.1, 0.15) is 5.75 Å². The maximum absolute atomic E-state index is 12.6. The molecule has 0 saturated heterocycles. The lowest BCUT2D eigenvalue weighted by molar-refractivity contribution is 0.0952. The predicted molar refractivity (Wildman–Crippen MR) is 105 cm³/mol. The van der Waals surface area contributed by atoms with Gasteiger partial charge in [-0.1, -0.05) is 12.1 Å². The Kier molecular flexibility index (Phi) is 4.80. The SMILES string of the molecule is COc1ccc(-n2ccc(C(=O)Nc3ccccc3C(=O)NC3CC3)n2)cc1. The number of nitrogens with zero attached hydrogens (tertiary/aromatic N) is 2. The van der Waals surface area contributed by atoms with Crippen LogP contribution in [0.1, 0.15) is 33.7 Å². The third-order valence-corrected chi connectivity index (χ3v) is 4.49. The van der Waals surface area contributed by atoms with Gasteiger partial charge >= 0.3 is 0 Å². The van der Waals surface area contributed by atoms with E-state index in [9.17, 15) is 9.59 Å². The standard InChI is InChI=1S/C21H20N4O3/c1-28-16-10-8-15(9-11-16)25-13-12-19(24-25)21(27)23-18-5-3-2-4-17(18)20(26)22-14-6-7-14/h2-5,8-14H,6-7H2,1H3,(H,22,26)(H,23,27). The topological polar surface area (TPSA) is 85.2 Å². The minimum Gasteiger partial charge on any atom is -0.497 e. The number of rotatable bonds is 6. The first kappa shape index (κ1) is 17.8. The van der Waals surface area contributed by atoms with E-state index in [2.05, 4.69) is 15.7 Å². The van der Waals surface area contributed by atoms with Gasteiger partial charge in [0.25, 0.3) is 11.8 Å². The normalized spacial score (nSPS) is 13.0. The van der Waals surface area contributed by atoms with Crippen LogP contribution in [0.5, 0.6) is 5.75 Å². The third-order valence-electron chi connectivity index (χ3n) is 4.49. The Hall–Kier alpha value is -3.61. The van der Waals surface area contributed by atoms with Gasteiger partial charge in [-0.25, -0.2) is 4.68 Å². The zero-order valence-corrected chi connectivity index (χ0v) is 15.4. The molecule has 1 aliphatic carbocycles. The molecule has 7 heteroatoms. The van der Waals surface area contributed by atoms with E-state index in [-0.39, 0.29) is 23.6 Å². The molecule has 28 heavy (non-hydrogen) atoms. The number of ether oxygens (including phenoxy) is 1. The molecule has 1 aliphatic rings. The van der Waals surface area contributed by atoms with Crippen molar-refractivity contribution in [3.8, 4) is 11.4 Å². The van der Waals surface area contributed by atoms with Crippen molar-refractivity contribution in [1.29, 1.82) is 0 Å². The minimum absolute atomic E-state index is 0.179. The van der Waals surface area contributed by atoms with E-state index in [1.165, 1.54) is 0 Å². The van der Waals surface area contributed by atoms with Gasteiger partial charge in [-0.05, 0) is 55.3 Å². The quantitative estimate of drug-likeness (QED) is 0.692. The zero-order valence-electron chi connectivity index (χ0n) is 15.4. The second-order valence-corrected chi connectivity index (χ2v) is 6.59. The monoisotopic (exact) mass is 376 g/mol. The highest BCUT2D eigenvalue weighted by Gasteiger charge is 2.25. The molecule has 0 atom stereocenters. The molecule has 0 aliphatic heterocycles. The number of benzene rings is 2. The van der Waals surface area contributed by atoms with Crippen molar-refractivity contribution >= 4 is 17.5 Å². The van der Waals surface area contributed by atoms with E-state index in [1.54, 1.807) is 48.3 Å². The van der Waals surface area contributed by atoms with Crippen molar-refractivity contribution in [2.45, 2.75) is 18.9 Å². The maximum Gasteiger partial charge on any atom is 0.276 e. The molecule has 2 N–H and O–H groups in total. The van der Waals surface area contributed by atoms with Gasteiger partial charge < -0.3 is 15.4 Å². The molecule has 1 aromatic heterocycles. The fourth-order valence-corrected chi connectivity index (χ4v) is 2.79. The number of amides is 2. The molecule has 0 bridgehead atoms. The van der Waals surface area contributed by atoms with Crippen LogP contribution in [0.15, 0.2) is 60.8 Å². The van der Waals surface area contributed by atoms with Crippen LogP contribution >= 0.6 is 0 Å². The summed E-state index contributed by atoms with van der Waals surface area (Å²) in [6, 6.07) is 16.2. The van der Waals surface area contributed by atoms with E-state index in [4.69, 9.17) is 4.74 Å². The number of nitrogens with one attached hydrogen (secondary N) is 2. The molecule has 7 nitrogen and oxygen atoms in total. The first-order valence-electron chi connectivity index (χ1n) is 9.05. The second-order valence-electron chi connectivity index (χ2n) is 6.59. The molecule has 2 aromatic carbocycles. The molecule has 2 amide bonds. The molecule has 1 fully saturated rings. The number of carbonyl (C=O) groups is 2. The van der Waals surface area contributed by atoms with Gasteiger partial charge in [0.15, 0.2) is 5.69 Å². The second kappa shape index (κ2) is 7.56. The summed E-state index contributed by atoms with van der Waals surface area (Å²) in [6.45, 7) is 0. The fourth-order valence-electron chi connectivity index (χ4n) is 2.79. The number of para-hydroxylation sites is 1. The van der Waals surface area contributed by atoms with Crippen LogP contribution in [0.3, 0.4) is 0 Å². The van der Waals surface area contributed by atoms with Gasteiger partial charge in [0.2, 0.25) is 0 Å². The summed E-state index contributed by atoms with van der Waals surface area (Å²) in [5.74, 6) is 0.191. The Bertz CT molecular complexity index is 1010. The van der Waals surface area contributed by atoms with Crippen molar-refractivity contribution in [3.63, 3.8) is 0 Å². The molecule has 1 saturated carbocycles. The van der Waals surface area contributed by atoms with E-state index >= 15 is 0 Å². The highest BCUT2D eigenvalue weighted by Crippen LogP contribution is 2.22. The van der Waals surface area contributed by atoms with E-state index in [1.807, 2.05) is 24.3 Å². The molecule has 0 radical (unpaired) electrons. The molecule has 0 unspecified atom stereocenters. The highest BCUT2D eigenvalue weighted by molar-refractivity contribution is 6.08. The van der Waals surface area contributed by atoms with Crippen LogP contribution < -0.4 is 15.4 Å². The Labute approximate surface area is 162 Å². The first-order chi connectivity index (χ1) is 13.6. The van der Waals surface area contributed by atoms with Gasteiger partial charge in [-0.2, -0.15) is 5.10 Å². The van der Waals surface area contributed by atoms with Crippen LogP contribution in [0, 0.1) is 0 Å².